The molecule has 0 aromatic carbocycles. The maximum atomic E-state index is 12.5. The van der Waals surface area contributed by atoms with E-state index in [-0.39, 0.29) is 0 Å². The first-order chi connectivity index (χ1) is 27.7. The van der Waals surface area contributed by atoms with Crippen molar-refractivity contribution in [2.45, 2.75) is 188 Å². The fraction of sp³-hybridized carbons (Fsp3) is 0.941. The maximum Gasteiger partial charge on any atom is 0.303 e. The molecule has 5 aliphatic heterocycles. The molecule has 0 bridgehead atoms. The summed E-state index contributed by atoms with van der Waals surface area (Å²) < 4.78 is 57.3. The van der Waals surface area contributed by atoms with Crippen LogP contribution in [-0.4, -0.2) is 240 Å². The van der Waals surface area contributed by atoms with Crippen LogP contribution in [0.5, 0.6) is 0 Å². The van der Waals surface area contributed by atoms with Gasteiger partial charge in [0.25, 0.3) is 0 Å². The van der Waals surface area contributed by atoms with Crippen LogP contribution < -0.4 is 5.32 Å². The highest BCUT2D eigenvalue weighted by Gasteiger charge is 2.57. The van der Waals surface area contributed by atoms with Crippen molar-refractivity contribution in [2.75, 3.05) is 13.2 Å². The van der Waals surface area contributed by atoms with Gasteiger partial charge in [-0.1, -0.05) is 0 Å². The summed E-state index contributed by atoms with van der Waals surface area (Å²) in [6, 6.07) is -1.47. The summed E-state index contributed by atoms with van der Waals surface area (Å²) in [6.45, 7) is 4.56. The summed E-state index contributed by atoms with van der Waals surface area (Å²) in [4.78, 5) is 24.5. The molecule has 5 aliphatic rings. The van der Waals surface area contributed by atoms with Crippen molar-refractivity contribution in [2.24, 2.45) is 0 Å². The summed E-state index contributed by atoms with van der Waals surface area (Å²) in [7, 11) is 0. The zero-order valence-electron chi connectivity index (χ0n) is 32.6. The third-order valence-corrected chi connectivity index (χ3v) is 10.9. The molecule has 342 valence electrons. The summed E-state index contributed by atoms with van der Waals surface area (Å²) in [5, 5.41) is 130. The Labute approximate surface area is 336 Å². The molecule has 59 heavy (non-hydrogen) atoms. The number of carbonyl (C=O) groups is 2. The Hall–Kier alpha value is -1.90. The standard InChI is InChI=1S/C34H57NO24/c1-8-16(40)22(46)28(59-32-24(48)26(17(41)9(2)50-32)57-31-23(47)21(45)19(43)13(6-36)55-31)33(51-8)58-27-18(42)10(3)52-34(29(27)53-12(5)39)56-25-15(35-11(4)38)30(49)54-14(7-37)20(25)44/h8-10,13-34,36-37,40-49H,6-7H2,1-5H3,(H,35,38)/t8?,9?,10?,13-,14?,15?,16+,17+,18+,19-,20+,21?,22-,23?,24?,25-,26-,27-,28?,29?,30-,31-,32+,33+,34+/m1/s1. The molecule has 25 nitrogen and oxygen atoms in total. The second-order valence-corrected chi connectivity index (χ2v) is 15.2. The SMILES string of the molecule is CC(=O)NC1[C@H](O)OC(CO)[C@H](O)[C@@H]1O[C@@H]1OC(C)[C@H](O)[C@@H](O[C@@H]2OC(C)[C@H](O)[C@@H](O)C2O[C@@H]2OC(C)[C@H](O)[C@@H](O[C@H]3O[C@H](CO)[C@@H](O)C(O)C3O)C2O)C1OC(C)=O. The van der Waals surface area contributed by atoms with Gasteiger partial charge in [-0.15, -0.1) is 0 Å². The smallest absolute Gasteiger partial charge is 0.303 e. The number of carbonyl (C=O) groups excluding carboxylic acids is 2. The number of aliphatic hydroxyl groups excluding tert-OH is 12. The largest absolute Gasteiger partial charge is 0.454 e. The molecule has 10 unspecified atom stereocenters. The van der Waals surface area contributed by atoms with E-state index in [9.17, 15) is 70.9 Å². The van der Waals surface area contributed by atoms with E-state index in [1.54, 1.807) is 0 Å². The number of ether oxygens (including phenoxy) is 10. The molecular weight excluding hydrogens is 806 g/mol. The molecule has 0 spiro atoms. The minimum absolute atomic E-state index is 0.676. The number of hydrogen-bond donors (Lipinski definition) is 13. The molecule has 5 heterocycles. The molecular formula is C34H57NO24. The minimum Gasteiger partial charge on any atom is -0.454 e. The molecule has 0 aromatic heterocycles. The van der Waals surface area contributed by atoms with E-state index < -0.39 is 179 Å². The number of aliphatic hydroxyl groups is 12. The molecule has 5 fully saturated rings. The monoisotopic (exact) mass is 863 g/mol. The topological polar surface area (TPSA) is 381 Å². The Morgan fingerprint density at radius 3 is 1.53 bits per heavy atom. The molecule has 0 aliphatic carbocycles. The molecule has 0 saturated carbocycles. The van der Waals surface area contributed by atoms with E-state index >= 15 is 0 Å². The predicted octanol–water partition coefficient (Wildman–Crippen LogP) is -8.13. The van der Waals surface area contributed by atoms with Crippen molar-refractivity contribution in [3.05, 3.63) is 0 Å². The number of rotatable bonds is 12. The Morgan fingerprint density at radius 2 is 0.949 bits per heavy atom. The summed E-state index contributed by atoms with van der Waals surface area (Å²) in [5.41, 5.74) is 0. The van der Waals surface area contributed by atoms with Crippen LogP contribution in [0.15, 0.2) is 0 Å². The first-order valence-corrected chi connectivity index (χ1v) is 19.1. The van der Waals surface area contributed by atoms with Gasteiger partial charge >= 0.3 is 5.97 Å². The normalized spacial score (nSPS) is 50.8. The van der Waals surface area contributed by atoms with Crippen LogP contribution in [0.1, 0.15) is 34.6 Å². The van der Waals surface area contributed by atoms with Gasteiger partial charge in [-0.25, -0.2) is 0 Å². The average Bonchev–Trinajstić information content (AvgIpc) is 3.18. The van der Waals surface area contributed by atoms with Gasteiger partial charge in [0.15, 0.2) is 37.6 Å². The average molecular weight is 864 g/mol. The molecule has 0 aromatic rings. The number of nitrogens with one attached hydrogen (secondary N) is 1. The maximum absolute atomic E-state index is 12.5. The highest BCUT2D eigenvalue weighted by atomic mass is 16.8. The Morgan fingerprint density at radius 1 is 0.475 bits per heavy atom. The van der Waals surface area contributed by atoms with Crippen LogP contribution in [0, 0.1) is 0 Å². The van der Waals surface area contributed by atoms with Crippen molar-refractivity contribution >= 4 is 11.9 Å². The first kappa shape index (κ1) is 48.1. The fourth-order valence-corrected chi connectivity index (χ4v) is 7.53. The lowest BCUT2D eigenvalue weighted by molar-refractivity contribution is -0.396. The van der Waals surface area contributed by atoms with Gasteiger partial charge in [-0.2, -0.15) is 0 Å². The van der Waals surface area contributed by atoms with Crippen molar-refractivity contribution < 1.29 is 118 Å². The zero-order chi connectivity index (χ0) is 43.8. The highest BCUT2D eigenvalue weighted by Crippen LogP contribution is 2.36. The van der Waals surface area contributed by atoms with Crippen molar-refractivity contribution in [1.29, 1.82) is 0 Å². The molecule has 25 heteroatoms. The third-order valence-electron chi connectivity index (χ3n) is 10.9. The van der Waals surface area contributed by atoms with Gasteiger partial charge in [0, 0.05) is 13.8 Å². The van der Waals surface area contributed by atoms with E-state index in [0.717, 1.165) is 13.8 Å². The van der Waals surface area contributed by atoms with Crippen LogP contribution in [0.2, 0.25) is 0 Å². The Bertz CT molecular complexity index is 1380. The fourth-order valence-electron chi connectivity index (χ4n) is 7.53. The third kappa shape index (κ3) is 10.3. The number of esters is 1. The minimum atomic E-state index is -2.00. The second-order valence-electron chi connectivity index (χ2n) is 15.2. The van der Waals surface area contributed by atoms with Crippen molar-refractivity contribution in [3.63, 3.8) is 0 Å². The van der Waals surface area contributed by atoms with E-state index in [1.165, 1.54) is 20.8 Å². The van der Waals surface area contributed by atoms with Crippen LogP contribution in [0.3, 0.4) is 0 Å². The van der Waals surface area contributed by atoms with Crippen molar-refractivity contribution in [3.8, 4) is 0 Å². The van der Waals surface area contributed by atoms with Crippen LogP contribution in [0.4, 0.5) is 0 Å². The van der Waals surface area contributed by atoms with E-state index in [4.69, 9.17) is 47.4 Å². The Kier molecular flexibility index (Phi) is 16.4. The number of amides is 1. The Balaban J connectivity index is 1.41. The lowest BCUT2D eigenvalue weighted by atomic mass is 9.95. The molecule has 25 atom stereocenters. The first-order valence-electron chi connectivity index (χ1n) is 19.1. The van der Waals surface area contributed by atoms with E-state index in [1.807, 2.05) is 0 Å². The molecule has 5 rings (SSSR count). The molecule has 0 radical (unpaired) electrons. The van der Waals surface area contributed by atoms with E-state index in [0.29, 0.717) is 0 Å². The molecule has 1 amide bonds. The lowest BCUT2D eigenvalue weighted by Crippen LogP contribution is -2.69. The summed E-state index contributed by atoms with van der Waals surface area (Å²) >= 11 is 0. The van der Waals surface area contributed by atoms with Gasteiger partial charge in [0.1, 0.15) is 97.6 Å². The van der Waals surface area contributed by atoms with Crippen LogP contribution in [-0.2, 0) is 57.0 Å². The summed E-state index contributed by atoms with van der Waals surface area (Å²) in [6.07, 6.45) is -40.4. The van der Waals surface area contributed by atoms with Crippen LogP contribution >= 0.6 is 0 Å². The second kappa shape index (κ2) is 20.1. The van der Waals surface area contributed by atoms with Gasteiger partial charge < -0.3 is 114 Å². The van der Waals surface area contributed by atoms with E-state index in [2.05, 4.69) is 5.32 Å². The molecule has 5 saturated heterocycles. The zero-order valence-corrected chi connectivity index (χ0v) is 32.6. The van der Waals surface area contributed by atoms with Gasteiger partial charge in [0.05, 0.1) is 31.5 Å². The van der Waals surface area contributed by atoms with Gasteiger partial charge in [0.2, 0.25) is 5.91 Å². The lowest BCUT2D eigenvalue weighted by Gasteiger charge is -2.50. The van der Waals surface area contributed by atoms with Gasteiger partial charge in [-0.05, 0) is 20.8 Å². The summed E-state index contributed by atoms with van der Waals surface area (Å²) in [5.74, 6) is -1.63. The predicted molar refractivity (Wildman–Crippen MR) is 183 cm³/mol. The molecule has 13 N–H and O–H groups in total. The number of hydrogen-bond acceptors (Lipinski definition) is 24. The van der Waals surface area contributed by atoms with Gasteiger partial charge in [-0.3, -0.25) is 9.59 Å². The quantitative estimate of drug-likeness (QED) is 0.0810. The van der Waals surface area contributed by atoms with Crippen molar-refractivity contribution in [1.82, 2.24) is 5.32 Å². The highest BCUT2D eigenvalue weighted by molar-refractivity contribution is 5.73. The van der Waals surface area contributed by atoms with Crippen LogP contribution in [0.25, 0.3) is 0 Å².